The van der Waals surface area contributed by atoms with Crippen molar-refractivity contribution in [2.24, 2.45) is 5.16 Å². The molecule has 6 nitrogen and oxygen atoms in total. The van der Waals surface area contributed by atoms with E-state index in [4.69, 9.17) is 28.4 Å². The molecule has 2 rings (SSSR count). The van der Waals surface area contributed by atoms with Crippen molar-refractivity contribution in [3.8, 4) is 5.69 Å². The molecule has 1 heterocycles. The van der Waals surface area contributed by atoms with E-state index in [1.54, 1.807) is 6.92 Å². The molecule has 1 aromatic carbocycles. The van der Waals surface area contributed by atoms with E-state index in [9.17, 15) is 17.4 Å². The van der Waals surface area contributed by atoms with Crippen molar-refractivity contribution in [2.45, 2.75) is 18.0 Å². The van der Waals surface area contributed by atoms with E-state index in [0.29, 0.717) is 6.54 Å². The second-order valence-corrected chi connectivity index (χ2v) is 7.12. The van der Waals surface area contributed by atoms with Crippen LogP contribution in [0.25, 0.3) is 5.69 Å². The van der Waals surface area contributed by atoms with Crippen LogP contribution in [0.4, 0.5) is 19.0 Å². The molecular formula is C14H13Cl2F3N4O2S. The van der Waals surface area contributed by atoms with Gasteiger partial charge in [-0.15, -0.1) is 0 Å². The highest BCUT2D eigenvalue weighted by atomic mass is 35.5. The molecule has 1 aromatic heterocycles. The van der Waals surface area contributed by atoms with Crippen LogP contribution in [0.5, 0.6) is 0 Å². The fourth-order valence-corrected chi connectivity index (χ4v) is 3.73. The predicted molar refractivity (Wildman–Crippen MR) is 94.5 cm³/mol. The first kappa shape index (κ1) is 20.5. The molecule has 0 amide bonds. The molecule has 26 heavy (non-hydrogen) atoms. The number of oxime groups is 1. The Morgan fingerprint density at radius 1 is 1.38 bits per heavy atom. The quantitative estimate of drug-likeness (QED) is 0.425. The van der Waals surface area contributed by atoms with Gasteiger partial charge in [0.25, 0.3) is 0 Å². The van der Waals surface area contributed by atoms with Crippen LogP contribution >= 0.6 is 23.2 Å². The van der Waals surface area contributed by atoms with Crippen LogP contribution in [-0.2, 0) is 17.0 Å². The normalized spacial score (nSPS) is 13.3. The highest BCUT2D eigenvalue weighted by Gasteiger charge is 2.33. The standard InChI is InChI=1S/C14H13Cl2F3N4O2S/c1-3-20-13-12(26(2)25)10(6-21-24)22-23(13)11-8(15)4-7(5-9(11)16)14(17,18)19/h4-6,20,24H,3H2,1-2H3/b21-6+. The Labute approximate surface area is 159 Å². The number of hydrogen-bond donors (Lipinski definition) is 2. The minimum atomic E-state index is -4.62. The number of aromatic nitrogens is 2. The summed E-state index contributed by atoms with van der Waals surface area (Å²) >= 11 is 12.1. The molecule has 1 atom stereocenters. The SMILES string of the molecule is CCNc1c(S(C)=O)c(/C=N/O)nn1-c1c(Cl)cc(C(F)(F)F)cc1Cl. The minimum absolute atomic E-state index is 0.0263. The molecule has 0 saturated carbocycles. The summed E-state index contributed by atoms with van der Waals surface area (Å²) in [6.45, 7) is 2.15. The van der Waals surface area contributed by atoms with Gasteiger partial charge in [-0.2, -0.15) is 18.3 Å². The van der Waals surface area contributed by atoms with Gasteiger partial charge in [0.2, 0.25) is 0 Å². The number of nitrogens with zero attached hydrogens (tertiary/aromatic N) is 3. The van der Waals surface area contributed by atoms with Gasteiger partial charge in [0, 0.05) is 12.8 Å². The Kier molecular flexibility index (Phi) is 6.20. The number of rotatable bonds is 5. The number of hydrogen-bond acceptors (Lipinski definition) is 5. The summed E-state index contributed by atoms with van der Waals surface area (Å²) in [5, 5.41) is 18.1. The Morgan fingerprint density at radius 2 is 1.96 bits per heavy atom. The van der Waals surface area contributed by atoms with Crippen molar-refractivity contribution in [1.82, 2.24) is 9.78 Å². The van der Waals surface area contributed by atoms with Crippen molar-refractivity contribution >= 4 is 46.0 Å². The molecule has 0 spiro atoms. The van der Waals surface area contributed by atoms with E-state index in [2.05, 4.69) is 15.6 Å². The smallest absolute Gasteiger partial charge is 0.411 e. The summed E-state index contributed by atoms with van der Waals surface area (Å²) in [7, 11) is -1.55. The molecule has 0 aliphatic carbocycles. The summed E-state index contributed by atoms with van der Waals surface area (Å²) in [5.41, 5.74) is -0.984. The molecule has 0 saturated heterocycles. The predicted octanol–water partition coefficient (Wildman–Crippen LogP) is 4.18. The van der Waals surface area contributed by atoms with Gasteiger partial charge in [0.15, 0.2) is 0 Å². The maximum Gasteiger partial charge on any atom is 0.416 e. The first-order valence-electron chi connectivity index (χ1n) is 7.06. The van der Waals surface area contributed by atoms with Gasteiger partial charge in [-0.3, -0.25) is 4.21 Å². The lowest BCUT2D eigenvalue weighted by Gasteiger charge is -2.15. The third-order valence-corrected chi connectivity index (χ3v) is 4.79. The van der Waals surface area contributed by atoms with Crippen LogP contribution in [0.1, 0.15) is 18.2 Å². The highest BCUT2D eigenvalue weighted by molar-refractivity contribution is 7.84. The van der Waals surface area contributed by atoms with Crippen LogP contribution in [0.3, 0.4) is 0 Å². The maximum atomic E-state index is 12.9. The summed E-state index contributed by atoms with van der Waals surface area (Å²) in [4.78, 5) is 0.191. The number of alkyl halides is 3. The summed E-state index contributed by atoms with van der Waals surface area (Å²) in [5.74, 6) is 0.215. The van der Waals surface area contributed by atoms with E-state index < -0.39 is 22.5 Å². The van der Waals surface area contributed by atoms with Gasteiger partial charge >= 0.3 is 6.18 Å². The average Bonchev–Trinajstić information content (AvgIpc) is 2.85. The zero-order valence-electron chi connectivity index (χ0n) is 13.4. The lowest BCUT2D eigenvalue weighted by Crippen LogP contribution is -2.10. The van der Waals surface area contributed by atoms with E-state index in [1.807, 2.05) is 0 Å². The maximum absolute atomic E-state index is 12.9. The fraction of sp³-hybridized carbons (Fsp3) is 0.286. The van der Waals surface area contributed by atoms with E-state index >= 15 is 0 Å². The van der Waals surface area contributed by atoms with Crippen molar-refractivity contribution < 1.29 is 22.6 Å². The van der Waals surface area contributed by atoms with Crippen molar-refractivity contribution in [3.63, 3.8) is 0 Å². The molecule has 2 aromatic rings. The molecule has 142 valence electrons. The average molecular weight is 429 g/mol. The Morgan fingerprint density at radius 3 is 2.38 bits per heavy atom. The number of halogens is 5. The first-order chi connectivity index (χ1) is 12.1. The molecule has 0 radical (unpaired) electrons. The third-order valence-electron chi connectivity index (χ3n) is 3.23. The molecule has 0 fully saturated rings. The molecule has 1 unspecified atom stereocenters. The monoisotopic (exact) mass is 428 g/mol. The first-order valence-corrected chi connectivity index (χ1v) is 9.37. The number of benzene rings is 1. The number of nitrogens with one attached hydrogen (secondary N) is 1. The second-order valence-electron chi connectivity index (χ2n) is 4.99. The summed E-state index contributed by atoms with van der Waals surface area (Å²) in [6.07, 6.45) is -2.28. The highest BCUT2D eigenvalue weighted by Crippen LogP contribution is 2.39. The largest absolute Gasteiger partial charge is 0.416 e. The van der Waals surface area contributed by atoms with Gasteiger partial charge in [0.05, 0.1) is 32.6 Å². The van der Waals surface area contributed by atoms with Crippen LogP contribution in [0.15, 0.2) is 22.2 Å². The van der Waals surface area contributed by atoms with Crippen molar-refractivity contribution in [3.05, 3.63) is 33.4 Å². The van der Waals surface area contributed by atoms with Crippen molar-refractivity contribution in [1.29, 1.82) is 0 Å². The van der Waals surface area contributed by atoms with E-state index in [0.717, 1.165) is 23.0 Å². The van der Waals surface area contributed by atoms with Crippen LogP contribution < -0.4 is 5.32 Å². The summed E-state index contributed by atoms with van der Waals surface area (Å²) < 4.78 is 52.0. The second kappa shape index (κ2) is 7.85. The van der Waals surface area contributed by atoms with Gasteiger partial charge in [0.1, 0.15) is 22.1 Å². The summed E-state index contributed by atoms with van der Waals surface area (Å²) in [6, 6.07) is 1.45. The zero-order chi connectivity index (χ0) is 19.6. The zero-order valence-corrected chi connectivity index (χ0v) is 15.8. The van der Waals surface area contributed by atoms with Gasteiger partial charge in [-0.25, -0.2) is 4.68 Å². The van der Waals surface area contributed by atoms with E-state index in [-0.39, 0.29) is 32.1 Å². The molecule has 0 bridgehead atoms. The van der Waals surface area contributed by atoms with Gasteiger partial charge in [-0.05, 0) is 19.1 Å². The minimum Gasteiger partial charge on any atom is -0.411 e. The molecular weight excluding hydrogens is 416 g/mol. The molecule has 0 aliphatic rings. The number of anilines is 1. The Bertz CT molecular complexity index is 861. The fourth-order valence-electron chi connectivity index (χ4n) is 2.26. The van der Waals surface area contributed by atoms with Gasteiger partial charge < -0.3 is 10.5 Å². The van der Waals surface area contributed by atoms with E-state index in [1.165, 1.54) is 6.26 Å². The molecule has 2 N–H and O–H groups in total. The Balaban J connectivity index is 2.80. The van der Waals surface area contributed by atoms with Crippen molar-refractivity contribution in [2.75, 3.05) is 18.1 Å². The topological polar surface area (TPSA) is 79.5 Å². The molecule has 0 aliphatic heterocycles. The Hall–Kier alpha value is -1.78. The third kappa shape index (κ3) is 3.97. The molecule has 12 heteroatoms. The van der Waals surface area contributed by atoms with Crippen LogP contribution in [-0.4, -0.2) is 38.2 Å². The lowest BCUT2D eigenvalue weighted by molar-refractivity contribution is -0.137. The lowest BCUT2D eigenvalue weighted by atomic mass is 10.2. The van der Waals surface area contributed by atoms with Gasteiger partial charge in [-0.1, -0.05) is 28.4 Å². The van der Waals surface area contributed by atoms with Crippen LogP contribution in [0, 0.1) is 0 Å². The van der Waals surface area contributed by atoms with Crippen LogP contribution in [0.2, 0.25) is 10.0 Å².